The number of carboxylic acid groups (broad SMARTS) is 1. The van der Waals surface area contributed by atoms with Gasteiger partial charge >= 0.3 is 12.1 Å². The lowest BCUT2D eigenvalue weighted by molar-refractivity contribution is -0.174. The molecule has 0 saturated carbocycles. The zero-order chi connectivity index (χ0) is 22.9. The van der Waals surface area contributed by atoms with Crippen molar-refractivity contribution in [3.63, 3.8) is 0 Å². The quantitative estimate of drug-likeness (QED) is 0.401. The maximum atomic E-state index is 12.2. The van der Waals surface area contributed by atoms with Gasteiger partial charge in [0.15, 0.2) is 0 Å². The number of carboxylic acids is 1. The summed E-state index contributed by atoms with van der Waals surface area (Å²) in [6.45, 7) is 3.08. The summed E-state index contributed by atoms with van der Waals surface area (Å²) in [5.74, 6) is 0.469. The Morgan fingerprint density at radius 2 is 2.13 bits per heavy atom. The number of nitrogens with zero attached hydrogens (tertiary/aromatic N) is 2. The molecule has 1 aliphatic rings. The van der Waals surface area contributed by atoms with Crippen LogP contribution in [-0.4, -0.2) is 72.6 Å². The van der Waals surface area contributed by atoms with E-state index in [9.17, 15) is 18.0 Å². The third kappa shape index (κ3) is 9.84. The number of nitrogens with one attached hydrogen (secondary N) is 1. The van der Waals surface area contributed by atoms with Crippen molar-refractivity contribution in [2.24, 2.45) is 11.7 Å². The zero-order valence-corrected chi connectivity index (χ0v) is 18.0. The van der Waals surface area contributed by atoms with Crippen LogP contribution in [0.4, 0.5) is 19.0 Å². The van der Waals surface area contributed by atoms with E-state index in [1.54, 1.807) is 0 Å². The number of aliphatic carboxylic acids is 1. The Morgan fingerprint density at radius 3 is 2.84 bits per heavy atom. The topological polar surface area (TPSA) is 101 Å². The maximum Gasteiger partial charge on any atom is 0.411 e. The zero-order valence-electron chi connectivity index (χ0n) is 18.0. The molecule has 0 radical (unpaired) electrons. The SMILES string of the molecule is C[C@@H]1CNc2nc(CCCCN(CCOCC(F)(F)F)CC[C@H](N)C(=O)O)ccc2C1. The Hall–Kier alpha value is -1.91. The number of halogens is 3. The van der Waals surface area contributed by atoms with E-state index in [4.69, 9.17) is 15.8 Å². The van der Waals surface area contributed by atoms with Crippen molar-refractivity contribution in [3.05, 3.63) is 23.4 Å². The number of alkyl halides is 3. The van der Waals surface area contributed by atoms with Gasteiger partial charge in [-0.2, -0.15) is 13.2 Å². The van der Waals surface area contributed by atoms with Gasteiger partial charge in [-0.3, -0.25) is 4.79 Å². The largest absolute Gasteiger partial charge is 0.480 e. The van der Waals surface area contributed by atoms with E-state index in [-0.39, 0.29) is 13.0 Å². The summed E-state index contributed by atoms with van der Waals surface area (Å²) in [6.07, 6.45) is -0.620. The summed E-state index contributed by atoms with van der Waals surface area (Å²) in [5.41, 5.74) is 7.80. The van der Waals surface area contributed by atoms with E-state index < -0.39 is 24.8 Å². The van der Waals surface area contributed by atoms with Gasteiger partial charge in [-0.15, -0.1) is 0 Å². The first-order chi connectivity index (χ1) is 14.6. The number of hydrogen-bond donors (Lipinski definition) is 3. The molecular formula is C21H33F3N4O3. The van der Waals surface area contributed by atoms with E-state index in [2.05, 4.69) is 23.0 Å². The number of carbonyl (C=O) groups is 1. The van der Waals surface area contributed by atoms with Gasteiger partial charge < -0.3 is 25.8 Å². The van der Waals surface area contributed by atoms with Crippen LogP contribution in [0.1, 0.15) is 37.4 Å². The van der Waals surface area contributed by atoms with E-state index in [1.165, 1.54) is 5.56 Å². The predicted molar refractivity (Wildman–Crippen MR) is 112 cm³/mol. The van der Waals surface area contributed by atoms with Crippen LogP contribution in [0.3, 0.4) is 0 Å². The standard InChI is InChI=1S/C21H33F3N4O3/c1-15-12-16-5-6-17(27-19(16)26-13-15)4-2-3-8-28(9-7-18(25)20(29)30)10-11-31-14-21(22,23)24/h5-6,15,18H,2-4,7-14,25H2,1H3,(H,26,27)(H,29,30)/t15-,18-/m0/s1. The molecule has 1 aromatic rings. The second-order valence-electron chi connectivity index (χ2n) is 8.20. The lowest BCUT2D eigenvalue weighted by Crippen LogP contribution is -2.37. The number of aryl methyl sites for hydroxylation is 1. The highest BCUT2D eigenvalue weighted by Crippen LogP contribution is 2.23. The van der Waals surface area contributed by atoms with E-state index in [0.717, 1.165) is 43.7 Å². The van der Waals surface area contributed by atoms with Crippen molar-refractivity contribution in [2.75, 3.05) is 44.7 Å². The second-order valence-corrected chi connectivity index (χ2v) is 8.20. The second kappa shape index (κ2) is 12.2. The molecule has 31 heavy (non-hydrogen) atoms. The van der Waals surface area contributed by atoms with Gasteiger partial charge in [-0.25, -0.2) is 4.98 Å². The van der Waals surface area contributed by atoms with Crippen molar-refractivity contribution in [1.29, 1.82) is 0 Å². The Kier molecular flexibility index (Phi) is 9.98. The van der Waals surface area contributed by atoms with E-state index in [1.807, 2.05) is 11.0 Å². The molecule has 2 rings (SSSR count). The predicted octanol–water partition coefficient (Wildman–Crippen LogP) is 2.69. The highest BCUT2D eigenvalue weighted by Gasteiger charge is 2.27. The molecule has 1 aromatic heterocycles. The summed E-state index contributed by atoms with van der Waals surface area (Å²) < 4.78 is 41.4. The number of nitrogens with two attached hydrogens (primary N) is 1. The molecule has 2 atom stereocenters. The lowest BCUT2D eigenvalue weighted by Gasteiger charge is -2.24. The first kappa shape index (κ1) is 25.4. The third-order valence-corrected chi connectivity index (χ3v) is 5.27. The molecule has 0 saturated heterocycles. The Labute approximate surface area is 181 Å². The van der Waals surface area contributed by atoms with E-state index >= 15 is 0 Å². The minimum absolute atomic E-state index is 0.0711. The van der Waals surface area contributed by atoms with Crippen LogP contribution in [0.5, 0.6) is 0 Å². The van der Waals surface area contributed by atoms with Crippen LogP contribution < -0.4 is 11.1 Å². The minimum atomic E-state index is -4.36. The molecular weight excluding hydrogens is 413 g/mol. The Balaban J connectivity index is 1.76. The fourth-order valence-corrected chi connectivity index (χ4v) is 3.51. The van der Waals surface area contributed by atoms with Gasteiger partial charge in [0.2, 0.25) is 0 Å². The number of fused-ring (bicyclic) bond motifs is 1. The number of aromatic nitrogens is 1. The van der Waals surface area contributed by atoms with Crippen molar-refractivity contribution in [3.8, 4) is 0 Å². The van der Waals surface area contributed by atoms with Crippen LogP contribution in [0.25, 0.3) is 0 Å². The highest BCUT2D eigenvalue weighted by molar-refractivity contribution is 5.72. The average molecular weight is 447 g/mol. The van der Waals surface area contributed by atoms with Gasteiger partial charge in [0.05, 0.1) is 6.61 Å². The van der Waals surface area contributed by atoms with Crippen LogP contribution in [-0.2, 0) is 22.4 Å². The Morgan fingerprint density at radius 1 is 1.35 bits per heavy atom. The van der Waals surface area contributed by atoms with Crippen LogP contribution in [0.15, 0.2) is 12.1 Å². The average Bonchev–Trinajstić information content (AvgIpc) is 2.70. The number of hydrogen-bond acceptors (Lipinski definition) is 6. The first-order valence-corrected chi connectivity index (χ1v) is 10.7. The van der Waals surface area contributed by atoms with Crippen molar-refractivity contribution < 1.29 is 27.8 Å². The summed E-state index contributed by atoms with van der Waals surface area (Å²) in [7, 11) is 0. The molecule has 4 N–H and O–H groups in total. The summed E-state index contributed by atoms with van der Waals surface area (Å²) >= 11 is 0. The normalized spacial score (nSPS) is 17.3. The molecule has 0 aliphatic carbocycles. The lowest BCUT2D eigenvalue weighted by atomic mass is 9.97. The van der Waals surface area contributed by atoms with E-state index in [0.29, 0.717) is 25.6 Å². The molecule has 7 nitrogen and oxygen atoms in total. The minimum Gasteiger partial charge on any atom is -0.480 e. The molecule has 0 fully saturated rings. The van der Waals surface area contributed by atoms with Gasteiger partial charge in [-0.05, 0) is 56.2 Å². The number of rotatable bonds is 13. The summed E-state index contributed by atoms with van der Waals surface area (Å²) in [6, 6.07) is 3.18. The number of pyridine rings is 1. The Bertz CT molecular complexity index is 703. The number of ether oxygens (including phenoxy) is 1. The molecule has 176 valence electrons. The maximum absolute atomic E-state index is 12.2. The van der Waals surface area contributed by atoms with Crippen molar-refractivity contribution in [1.82, 2.24) is 9.88 Å². The smallest absolute Gasteiger partial charge is 0.411 e. The van der Waals surface area contributed by atoms with Crippen molar-refractivity contribution >= 4 is 11.8 Å². The molecule has 1 aliphatic heterocycles. The molecule has 0 spiro atoms. The molecule has 10 heteroatoms. The highest BCUT2D eigenvalue weighted by atomic mass is 19.4. The number of anilines is 1. The fourth-order valence-electron chi connectivity index (χ4n) is 3.51. The molecule has 2 heterocycles. The van der Waals surface area contributed by atoms with Gasteiger partial charge in [0.1, 0.15) is 18.5 Å². The van der Waals surface area contributed by atoms with Crippen molar-refractivity contribution in [2.45, 2.75) is 51.2 Å². The fraction of sp³-hybridized carbons (Fsp3) is 0.714. The summed E-state index contributed by atoms with van der Waals surface area (Å²) in [4.78, 5) is 17.5. The van der Waals surface area contributed by atoms with Crippen LogP contribution >= 0.6 is 0 Å². The molecule has 0 bridgehead atoms. The van der Waals surface area contributed by atoms with Gasteiger partial charge in [-0.1, -0.05) is 13.0 Å². The van der Waals surface area contributed by atoms with Crippen LogP contribution in [0.2, 0.25) is 0 Å². The first-order valence-electron chi connectivity index (χ1n) is 10.7. The molecule has 0 amide bonds. The van der Waals surface area contributed by atoms with Gasteiger partial charge in [0.25, 0.3) is 0 Å². The summed E-state index contributed by atoms with van der Waals surface area (Å²) in [5, 5.41) is 12.3. The monoisotopic (exact) mass is 446 g/mol. The van der Waals surface area contributed by atoms with Crippen LogP contribution in [0, 0.1) is 5.92 Å². The third-order valence-electron chi connectivity index (χ3n) is 5.27. The molecule has 0 unspecified atom stereocenters. The number of unbranched alkanes of at least 4 members (excludes halogenated alkanes) is 1. The molecule has 0 aromatic carbocycles. The van der Waals surface area contributed by atoms with Gasteiger partial charge in [0, 0.05) is 25.3 Å².